The van der Waals surface area contributed by atoms with E-state index in [2.05, 4.69) is 15.5 Å². The minimum absolute atomic E-state index is 0.308. The van der Waals surface area contributed by atoms with Crippen LogP contribution in [0.1, 0.15) is 13.8 Å². The van der Waals surface area contributed by atoms with Crippen LogP contribution in [0.3, 0.4) is 0 Å². The van der Waals surface area contributed by atoms with Crippen molar-refractivity contribution in [3.05, 3.63) is 35.7 Å². The third kappa shape index (κ3) is 2.74. The number of rotatable bonds is 5. The second-order valence-electron chi connectivity index (χ2n) is 7.04. The predicted molar refractivity (Wildman–Crippen MR) is 105 cm³/mol. The lowest BCUT2D eigenvalue weighted by Crippen LogP contribution is -2.63. The smallest absolute Gasteiger partial charge is 0.325 e. The number of methoxy groups -OCH3 is 1. The summed E-state index contributed by atoms with van der Waals surface area (Å²) in [6.07, 6.45) is -0.503. The average Bonchev–Trinajstić information content (AvgIpc) is 3.18. The lowest BCUT2D eigenvalue weighted by molar-refractivity contribution is -0.126. The number of benzene rings is 1. The van der Waals surface area contributed by atoms with Crippen LogP contribution in [-0.2, 0) is 4.79 Å². The van der Waals surface area contributed by atoms with E-state index in [-0.39, 0.29) is 5.91 Å². The molecule has 28 heavy (non-hydrogen) atoms. The summed E-state index contributed by atoms with van der Waals surface area (Å²) in [6.45, 7) is 5.38. The van der Waals surface area contributed by atoms with Crippen LogP contribution in [0.25, 0.3) is 0 Å². The molecule has 3 amide bonds. The third-order valence-electron chi connectivity index (χ3n) is 5.53. The summed E-state index contributed by atoms with van der Waals surface area (Å²) < 4.78 is 5.18. The van der Waals surface area contributed by atoms with Gasteiger partial charge >= 0.3 is 6.03 Å². The Balaban J connectivity index is 1.48. The van der Waals surface area contributed by atoms with E-state index in [0.29, 0.717) is 13.1 Å². The number of fused-ring (bicyclic) bond motifs is 3. The van der Waals surface area contributed by atoms with Crippen LogP contribution in [0.4, 0.5) is 10.5 Å². The highest BCUT2D eigenvalue weighted by molar-refractivity contribution is 6.05. The number of hydrogen-bond donors (Lipinski definition) is 2. The molecule has 3 aliphatic heterocycles. The van der Waals surface area contributed by atoms with Crippen LogP contribution in [0.2, 0.25) is 0 Å². The average molecular weight is 384 g/mol. The van der Waals surface area contributed by atoms with Gasteiger partial charge < -0.3 is 19.9 Å². The number of nitrogens with zero attached hydrogens (tertiary/aromatic N) is 4. The van der Waals surface area contributed by atoms with Gasteiger partial charge in [-0.05, 0) is 38.1 Å². The van der Waals surface area contributed by atoms with Crippen LogP contribution in [0.5, 0.6) is 5.75 Å². The maximum atomic E-state index is 12.4. The Morgan fingerprint density at radius 1 is 1.18 bits per heavy atom. The van der Waals surface area contributed by atoms with Gasteiger partial charge in [-0.1, -0.05) is 0 Å². The van der Waals surface area contributed by atoms with Gasteiger partial charge in [0.2, 0.25) is 5.96 Å². The lowest BCUT2D eigenvalue weighted by Gasteiger charge is -2.35. The Morgan fingerprint density at radius 3 is 2.57 bits per heavy atom. The molecular formula is C19H24N6O3. The maximum absolute atomic E-state index is 12.4. The van der Waals surface area contributed by atoms with Gasteiger partial charge in [-0.15, -0.1) is 0 Å². The zero-order chi connectivity index (χ0) is 20.0. The number of imide groups is 1. The Morgan fingerprint density at radius 2 is 1.89 bits per heavy atom. The van der Waals surface area contributed by atoms with Gasteiger partial charge in [-0.2, -0.15) is 0 Å². The fraction of sp³-hybridized carbons (Fsp3) is 0.421. The van der Waals surface area contributed by atoms with E-state index in [1.54, 1.807) is 14.2 Å². The van der Waals surface area contributed by atoms with Crippen molar-refractivity contribution in [3.8, 4) is 5.75 Å². The zero-order valence-corrected chi connectivity index (χ0v) is 16.4. The van der Waals surface area contributed by atoms with Crippen molar-refractivity contribution in [1.29, 1.82) is 0 Å². The van der Waals surface area contributed by atoms with E-state index in [0.717, 1.165) is 28.8 Å². The van der Waals surface area contributed by atoms with Crippen molar-refractivity contribution in [2.24, 2.45) is 4.99 Å². The molecule has 0 aliphatic carbocycles. The first-order valence-corrected chi connectivity index (χ1v) is 9.20. The minimum Gasteiger partial charge on any atom is -0.497 e. The van der Waals surface area contributed by atoms with Crippen molar-refractivity contribution in [1.82, 2.24) is 20.0 Å². The number of ether oxygens (including phenoxy) is 1. The number of nitrogens with one attached hydrogen (secondary N) is 2. The highest BCUT2D eigenvalue weighted by Gasteiger charge is 2.52. The molecule has 4 rings (SSSR count). The van der Waals surface area contributed by atoms with Crippen molar-refractivity contribution in [3.63, 3.8) is 0 Å². The highest BCUT2D eigenvalue weighted by atomic mass is 16.5. The summed E-state index contributed by atoms with van der Waals surface area (Å²) in [5.74, 6) is 1.23. The van der Waals surface area contributed by atoms with Crippen LogP contribution < -0.4 is 15.4 Å². The molecular weight excluding hydrogens is 360 g/mol. The molecule has 0 radical (unpaired) electrons. The monoisotopic (exact) mass is 384 g/mol. The van der Waals surface area contributed by atoms with Crippen molar-refractivity contribution < 1.29 is 14.3 Å². The highest BCUT2D eigenvalue weighted by Crippen LogP contribution is 2.35. The quantitative estimate of drug-likeness (QED) is 0.794. The number of amides is 3. The molecule has 1 fully saturated rings. The number of carbonyl (C=O) groups excluding carboxylic acids is 2. The van der Waals surface area contributed by atoms with Crippen molar-refractivity contribution >= 4 is 23.6 Å². The summed E-state index contributed by atoms with van der Waals surface area (Å²) in [5.41, 5.74) is 3.04. The lowest BCUT2D eigenvalue weighted by atomic mass is 10.1. The number of likely N-dealkylation sites (N-methyl/N-ethyl adjacent to an activating group) is 1. The number of urea groups is 1. The second kappa shape index (κ2) is 6.74. The summed E-state index contributed by atoms with van der Waals surface area (Å²) >= 11 is 0. The summed E-state index contributed by atoms with van der Waals surface area (Å²) in [5, 5.41) is 5.80. The number of guanidine groups is 1. The molecule has 1 aromatic rings. The van der Waals surface area contributed by atoms with E-state index in [1.165, 1.54) is 4.90 Å². The Kier molecular flexibility index (Phi) is 4.37. The van der Waals surface area contributed by atoms with Crippen LogP contribution in [0, 0.1) is 0 Å². The number of carbonyl (C=O) groups is 2. The first-order valence-electron chi connectivity index (χ1n) is 9.20. The van der Waals surface area contributed by atoms with Gasteiger partial charge in [0.1, 0.15) is 5.75 Å². The van der Waals surface area contributed by atoms with E-state index in [1.807, 2.05) is 43.0 Å². The molecule has 9 heteroatoms. The molecule has 9 nitrogen and oxygen atoms in total. The first-order chi connectivity index (χ1) is 13.4. The van der Waals surface area contributed by atoms with E-state index >= 15 is 0 Å². The van der Waals surface area contributed by atoms with E-state index in [9.17, 15) is 9.59 Å². The minimum atomic E-state index is -0.521. The maximum Gasteiger partial charge on any atom is 0.325 e. The summed E-state index contributed by atoms with van der Waals surface area (Å²) in [4.78, 5) is 34.6. The van der Waals surface area contributed by atoms with Gasteiger partial charge in [0, 0.05) is 37.2 Å². The zero-order valence-electron chi connectivity index (χ0n) is 16.4. The fourth-order valence-corrected chi connectivity index (χ4v) is 3.81. The number of hydrogen-bond acceptors (Lipinski definition) is 7. The number of allylic oxidation sites excluding steroid dienone is 2. The molecule has 2 unspecified atom stereocenters. The van der Waals surface area contributed by atoms with Crippen LogP contribution in [-0.4, -0.2) is 72.1 Å². The van der Waals surface area contributed by atoms with Crippen molar-refractivity contribution in [2.45, 2.75) is 26.1 Å². The fourth-order valence-electron chi connectivity index (χ4n) is 3.81. The molecule has 2 atom stereocenters. The van der Waals surface area contributed by atoms with Gasteiger partial charge in [0.05, 0.1) is 7.11 Å². The molecule has 0 bridgehead atoms. The van der Waals surface area contributed by atoms with E-state index in [4.69, 9.17) is 9.73 Å². The van der Waals surface area contributed by atoms with Crippen LogP contribution >= 0.6 is 0 Å². The molecule has 3 heterocycles. The summed E-state index contributed by atoms with van der Waals surface area (Å²) in [7, 11) is 3.30. The Bertz CT molecular complexity index is 878. The molecule has 0 saturated carbocycles. The molecule has 3 aliphatic rings. The third-order valence-corrected chi connectivity index (χ3v) is 5.53. The SMILES string of the molecule is COc1ccc(NCCN2C3=NC4C(C(=O)NC(=O)N4C)N3C(C)=C2C)cc1. The van der Waals surface area contributed by atoms with Crippen molar-refractivity contribution in [2.75, 3.05) is 32.6 Å². The van der Waals surface area contributed by atoms with Gasteiger partial charge in [-0.25, -0.2) is 9.79 Å². The molecule has 0 spiro atoms. The molecule has 1 aromatic carbocycles. The number of anilines is 1. The number of aliphatic imine (C=N–C) groups is 1. The van der Waals surface area contributed by atoms with E-state index < -0.39 is 18.2 Å². The largest absolute Gasteiger partial charge is 0.497 e. The molecule has 1 saturated heterocycles. The molecule has 0 aromatic heterocycles. The Labute approximate surface area is 163 Å². The van der Waals surface area contributed by atoms with Gasteiger partial charge in [0.15, 0.2) is 12.2 Å². The first kappa shape index (κ1) is 18.1. The molecule has 2 N–H and O–H groups in total. The standard InChI is InChI=1S/C19H24N6O3/c1-11-12(2)25-15-16(23(3)19(27)22-17(15)26)21-18(25)24(11)10-9-20-13-5-7-14(28-4)8-6-13/h5-8,15-16,20H,9-10H2,1-4H3,(H,22,26,27). The van der Waals surface area contributed by atoms with Gasteiger partial charge in [-0.3, -0.25) is 15.0 Å². The topological polar surface area (TPSA) is 89.5 Å². The summed E-state index contributed by atoms with van der Waals surface area (Å²) in [6, 6.07) is 6.82. The molecule has 148 valence electrons. The normalized spacial score (nSPS) is 23.6. The predicted octanol–water partition coefficient (Wildman–Crippen LogP) is 1.22. The Hall–Kier alpha value is -3.23. The second-order valence-corrected chi connectivity index (χ2v) is 7.04. The van der Waals surface area contributed by atoms with Gasteiger partial charge in [0.25, 0.3) is 5.91 Å². The van der Waals surface area contributed by atoms with Crippen LogP contribution in [0.15, 0.2) is 40.7 Å².